The number of hydrogen-bond donors (Lipinski definition) is 1. The predicted octanol–water partition coefficient (Wildman–Crippen LogP) is 4.10. The van der Waals surface area contributed by atoms with Gasteiger partial charge >= 0.3 is 0 Å². The molecule has 1 aromatic heterocycles. The quantitative estimate of drug-likeness (QED) is 0.915. The Morgan fingerprint density at radius 2 is 2.09 bits per heavy atom. The van der Waals surface area contributed by atoms with Crippen LogP contribution in [0.5, 0.6) is 5.75 Å². The summed E-state index contributed by atoms with van der Waals surface area (Å²) in [6, 6.07) is 5.83. The zero-order valence-corrected chi connectivity index (χ0v) is 13.8. The van der Waals surface area contributed by atoms with Gasteiger partial charge in [-0.3, -0.25) is 4.79 Å². The normalized spacial score (nSPS) is 15.6. The van der Waals surface area contributed by atoms with E-state index in [4.69, 9.17) is 10.5 Å². The molecule has 1 aliphatic carbocycles. The highest BCUT2D eigenvalue weighted by molar-refractivity contribution is 7.12. The SMILES string of the molecule is COc1ccc(C2CCCCC2)cc1-c1nc(C(N)=O)sc1F. The zero-order chi connectivity index (χ0) is 16.4. The second-order valence-electron chi connectivity index (χ2n) is 5.80. The van der Waals surface area contributed by atoms with Crippen molar-refractivity contribution in [3.8, 4) is 17.0 Å². The van der Waals surface area contributed by atoms with Gasteiger partial charge in [-0.05, 0) is 36.5 Å². The fourth-order valence-corrected chi connectivity index (χ4v) is 3.83. The van der Waals surface area contributed by atoms with Crippen molar-refractivity contribution in [2.45, 2.75) is 38.0 Å². The van der Waals surface area contributed by atoms with Crippen LogP contribution < -0.4 is 10.5 Å². The number of methoxy groups -OCH3 is 1. The Balaban J connectivity index is 2.04. The first kappa shape index (κ1) is 15.9. The standard InChI is InChI=1S/C17H19FN2O2S/c1-22-13-8-7-11(10-5-3-2-4-6-10)9-12(13)14-15(18)23-17(20-14)16(19)21/h7-10H,2-6H2,1H3,(H2,19,21). The van der Waals surface area contributed by atoms with Crippen molar-refractivity contribution in [2.75, 3.05) is 7.11 Å². The fraction of sp³-hybridized carbons (Fsp3) is 0.412. The lowest BCUT2D eigenvalue weighted by Crippen LogP contribution is -2.10. The highest BCUT2D eigenvalue weighted by atomic mass is 32.1. The van der Waals surface area contributed by atoms with E-state index in [9.17, 15) is 9.18 Å². The summed E-state index contributed by atoms with van der Waals surface area (Å²) >= 11 is 0.670. The maximum absolute atomic E-state index is 14.2. The third-order valence-electron chi connectivity index (χ3n) is 4.35. The number of carbonyl (C=O) groups is 1. The number of aromatic nitrogens is 1. The van der Waals surface area contributed by atoms with Crippen molar-refractivity contribution in [1.82, 2.24) is 4.98 Å². The summed E-state index contributed by atoms with van der Waals surface area (Å²) in [6.07, 6.45) is 6.03. The van der Waals surface area contributed by atoms with E-state index in [1.54, 1.807) is 7.11 Å². The molecule has 1 aromatic carbocycles. The summed E-state index contributed by atoms with van der Waals surface area (Å²) in [5.74, 6) is 0.318. The summed E-state index contributed by atoms with van der Waals surface area (Å²) in [4.78, 5) is 15.3. The van der Waals surface area contributed by atoms with Crippen LogP contribution in [0.2, 0.25) is 0 Å². The van der Waals surface area contributed by atoms with Crippen LogP contribution in [0.3, 0.4) is 0 Å². The maximum Gasteiger partial charge on any atom is 0.277 e. The molecular formula is C17H19FN2O2S. The number of carbonyl (C=O) groups excluding carboxylic acids is 1. The molecule has 0 bridgehead atoms. The second-order valence-corrected chi connectivity index (χ2v) is 6.75. The highest BCUT2D eigenvalue weighted by Gasteiger charge is 2.22. The van der Waals surface area contributed by atoms with Crippen LogP contribution in [-0.4, -0.2) is 18.0 Å². The van der Waals surface area contributed by atoms with Crippen molar-refractivity contribution < 1.29 is 13.9 Å². The molecule has 0 saturated heterocycles. The Bertz CT molecular complexity index is 723. The van der Waals surface area contributed by atoms with Gasteiger partial charge in [-0.1, -0.05) is 36.7 Å². The molecule has 1 fully saturated rings. The Morgan fingerprint density at radius 3 is 2.70 bits per heavy atom. The monoisotopic (exact) mass is 334 g/mol. The molecule has 6 heteroatoms. The minimum absolute atomic E-state index is 0.0253. The number of primary amides is 1. The van der Waals surface area contributed by atoms with Crippen LogP contribution in [0.4, 0.5) is 4.39 Å². The van der Waals surface area contributed by atoms with Gasteiger partial charge < -0.3 is 10.5 Å². The molecular weight excluding hydrogens is 315 g/mol. The van der Waals surface area contributed by atoms with E-state index >= 15 is 0 Å². The van der Waals surface area contributed by atoms with Gasteiger partial charge in [0.15, 0.2) is 5.01 Å². The lowest BCUT2D eigenvalue weighted by molar-refractivity contribution is 0.1000. The molecule has 1 amide bonds. The second kappa shape index (κ2) is 6.66. The zero-order valence-electron chi connectivity index (χ0n) is 13.0. The van der Waals surface area contributed by atoms with E-state index in [1.807, 2.05) is 18.2 Å². The molecule has 2 N–H and O–H groups in total. The minimum Gasteiger partial charge on any atom is -0.496 e. The first-order valence-corrected chi connectivity index (χ1v) is 8.56. The van der Waals surface area contributed by atoms with Crippen LogP contribution in [-0.2, 0) is 0 Å². The molecule has 23 heavy (non-hydrogen) atoms. The van der Waals surface area contributed by atoms with Gasteiger partial charge in [-0.25, -0.2) is 4.98 Å². The summed E-state index contributed by atoms with van der Waals surface area (Å²) in [5.41, 5.74) is 7.09. The molecule has 2 aromatic rings. The predicted molar refractivity (Wildman–Crippen MR) is 88.4 cm³/mol. The number of ether oxygens (including phenoxy) is 1. The van der Waals surface area contributed by atoms with E-state index in [0.29, 0.717) is 28.6 Å². The number of amides is 1. The average molecular weight is 334 g/mol. The number of nitrogens with zero attached hydrogens (tertiary/aromatic N) is 1. The Morgan fingerprint density at radius 1 is 1.35 bits per heavy atom. The fourth-order valence-electron chi connectivity index (χ4n) is 3.17. The molecule has 0 radical (unpaired) electrons. The summed E-state index contributed by atoms with van der Waals surface area (Å²) in [7, 11) is 1.54. The van der Waals surface area contributed by atoms with E-state index in [-0.39, 0.29) is 10.7 Å². The van der Waals surface area contributed by atoms with E-state index < -0.39 is 11.0 Å². The summed E-state index contributed by atoms with van der Waals surface area (Å²) in [5, 5.41) is -0.541. The van der Waals surface area contributed by atoms with Gasteiger partial charge in [0.05, 0.1) is 7.11 Å². The highest BCUT2D eigenvalue weighted by Crippen LogP contribution is 2.39. The smallest absolute Gasteiger partial charge is 0.277 e. The largest absolute Gasteiger partial charge is 0.496 e. The van der Waals surface area contributed by atoms with Gasteiger partial charge in [-0.2, -0.15) is 4.39 Å². The Kier molecular flexibility index (Phi) is 4.61. The van der Waals surface area contributed by atoms with E-state index in [1.165, 1.54) is 24.8 Å². The van der Waals surface area contributed by atoms with Crippen molar-refractivity contribution >= 4 is 17.2 Å². The Hall–Kier alpha value is -1.95. The molecule has 1 heterocycles. The van der Waals surface area contributed by atoms with Gasteiger partial charge in [-0.15, -0.1) is 0 Å². The minimum atomic E-state index is -0.720. The summed E-state index contributed by atoms with van der Waals surface area (Å²) < 4.78 is 19.6. The van der Waals surface area contributed by atoms with Gasteiger partial charge in [0, 0.05) is 5.56 Å². The van der Waals surface area contributed by atoms with Gasteiger partial charge in [0.2, 0.25) is 5.13 Å². The van der Waals surface area contributed by atoms with Crippen LogP contribution in [0.15, 0.2) is 18.2 Å². The first-order valence-electron chi connectivity index (χ1n) is 7.74. The van der Waals surface area contributed by atoms with Gasteiger partial charge in [0.1, 0.15) is 11.4 Å². The molecule has 4 nitrogen and oxygen atoms in total. The maximum atomic E-state index is 14.2. The van der Waals surface area contributed by atoms with Crippen LogP contribution in [0, 0.1) is 5.13 Å². The molecule has 0 aliphatic heterocycles. The molecule has 0 atom stereocenters. The van der Waals surface area contributed by atoms with Crippen LogP contribution in [0.25, 0.3) is 11.3 Å². The van der Waals surface area contributed by atoms with Crippen LogP contribution >= 0.6 is 11.3 Å². The van der Waals surface area contributed by atoms with Crippen molar-refractivity contribution in [3.05, 3.63) is 33.9 Å². The Labute approximate surface area is 138 Å². The van der Waals surface area contributed by atoms with Gasteiger partial charge in [0.25, 0.3) is 5.91 Å². The van der Waals surface area contributed by atoms with Crippen molar-refractivity contribution in [2.24, 2.45) is 5.73 Å². The lowest BCUT2D eigenvalue weighted by Gasteiger charge is -2.23. The van der Waals surface area contributed by atoms with Crippen LogP contribution in [0.1, 0.15) is 53.4 Å². The molecule has 3 rings (SSSR count). The average Bonchev–Trinajstić information content (AvgIpc) is 2.97. The topological polar surface area (TPSA) is 65.2 Å². The van der Waals surface area contributed by atoms with Crippen molar-refractivity contribution in [3.63, 3.8) is 0 Å². The molecule has 1 aliphatic rings. The van der Waals surface area contributed by atoms with E-state index in [2.05, 4.69) is 4.98 Å². The van der Waals surface area contributed by atoms with Crippen molar-refractivity contribution in [1.29, 1.82) is 0 Å². The molecule has 122 valence electrons. The number of rotatable bonds is 4. The molecule has 0 spiro atoms. The molecule has 0 unspecified atom stereocenters. The summed E-state index contributed by atoms with van der Waals surface area (Å²) in [6.45, 7) is 0. The number of benzene rings is 1. The third-order valence-corrected chi connectivity index (χ3v) is 5.21. The van der Waals surface area contributed by atoms with E-state index in [0.717, 1.165) is 12.8 Å². The third kappa shape index (κ3) is 3.22. The molecule has 1 saturated carbocycles. The number of thiazole rings is 1. The number of hydrogen-bond acceptors (Lipinski definition) is 4. The first-order chi connectivity index (χ1) is 11.1. The lowest BCUT2D eigenvalue weighted by atomic mass is 9.83. The number of nitrogens with two attached hydrogens (primary N) is 1. The number of halogens is 1.